The Labute approximate surface area is 116 Å². The smallest absolute Gasteiger partial charge is 0.124 e. The van der Waals surface area contributed by atoms with E-state index in [1.165, 1.54) is 12.8 Å². The zero-order chi connectivity index (χ0) is 14.0. The summed E-state index contributed by atoms with van der Waals surface area (Å²) >= 11 is 0. The van der Waals surface area contributed by atoms with Crippen LogP contribution in [0.2, 0.25) is 0 Å². The molecule has 0 bridgehead atoms. The molecule has 1 saturated carbocycles. The molecule has 0 spiro atoms. The molecular formula is C17H26O2. The largest absolute Gasteiger partial charge is 0.496 e. The van der Waals surface area contributed by atoms with Crippen molar-refractivity contribution in [3.8, 4) is 5.75 Å². The molecule has 19 heavy (non-hydrogen) atoms. The van der Waals surface area contributed by atoms with Gasteiger partial charge < -0.3 is 9.84 Å². The van der Waals surface area contributed by atoms with Crippen molar-refractivity contribution in [1.82, 2.24) is 0 Å². The molecule has 1 fully saturated rings. The Hall–Kier alpha value is -1.02. The molecule has 1 aliphatic rings. The van der Waals surface area contributed by atoms with Crippen LogP contribution in [0.3, 0.4) is 0 Å². The minimum atomic E-state index is -0.323. The average molecular weight is 262 g/mol. The van der Waals surface area contributed by atoms with E-state index in [4.69, 9.17) is 4.74 Å². The highest BCUT2D eigenvalue weighted by Gasteiger charge is 2.26. The van der Waals surface area contributed by atoms with Crippen LogP contribution in [-0.4, -0.2) is 12.2 Å². The Bertz CT molecular complexity index is 408. The molecule has 106 valence electrons. The molecule has 0 aromatic heterocycles. The molecule has 0 radical (unpaired) electrons. The Kier molecular flexibility index (Phi) is 4.51. The van der Waals surface area contributed by atoms with E-state index in [0.717, 1.165) is 41.2 Å². The minimum absolute atomic E-state index is 0.323. The Morgan fingerprint density at radius 3 is 2.11 bits per heavy atom. The highest BCUT2D eigenvalue weighted by atomic mass is 16.5. The number of aryl methyl sites for hydroxylation is 2. The highest BCUT2D eigenvalue weighted by molar-refractivity contribution is 5.44. The van der Waals surface area contributed by atoms with E-state index in [1.807, 2.05) is 13.8 Å². The Morgan fingerprint density at radius 1 is 1.11 bits per heavy atom. The number of ether oxygens (including phenoxy) is 1. The van der Waals surface area contributed by atoms with Gasteiger partial charge in [-0.1, -0.05) is 19.8 Å². The summed E-state index contributed by atoms with van der Waals surface area (Å²) in [4.78, 5) is 0. The number of hydrogen-bond donors (Lipinski definition) is 1. The third-order valence-electron chi connectivity index (χ3n) is 4.54. The van der Waals surface area contributed by atoms with Crippen LogP contribution in [0.4, 0.5) is 0 Å². The van der Waals surface area contributed by atoms with Gasteiger partial charge in [0, 0.05) is 0 Å². The molecule has 0 amide bonds. The van der Waals surface area contributed by atoms with E-state index in [1.54, 1.807) is 7.11 Å². The van der Waals surface area contributed by atoms with Crippen LogP contribution in [0.1, 0.15) is 55.4 Å². The van der Waals surface area contributed by atoms with Gasteiger partial charge >= 0.3 is 0 Å². The van der Waals surface area contributed by atoms with Gasteiger partial charge in [0.2, 0.25) is 0 Å². The summed E-state index contributed by atoms with van der Waals surface area (Å²) in [6.07, 6.45) is 4.46. The normalized spacial score (nSPS) is 25.1. The van der Waals surface area contributed by atoms with Crippen LogP contribution >= 0.6 is 0 Å². The first-order valence-electron chi connectivity index (χ1n) is 7.36. The predicted molar refractivity (Wildman–Crippen MR) is 78.5 cm³/mol. The average Bonchev–Trinajstić information content (AvgIpc) is 2.38. The molecule has 1 N–H and O–H groups in total. The second-order valence-electron chi connectivity index (χ2n) is 6.15. The van der Waals surface area contributed by atoms with Crippen molar-refractivity contribution in [3.05, 3.63) is 28.8 Å². The molecule has 2 rings (SSSR count). The number of benzene rings is 1. The van der Waals surface area contributed by atoms with Gasteiger partial charge in [0.15, 0.2) is 0 Å². The lowest BCUT2D eigenvalue weighted by Gasteiger charge is -2.30. The van der Waals surface area contributed by atoms with Gasteiger partial charge in [0.05, 0.1) is 13.2 Å². The first-order valence-corrected chi connectivity index (χ1v) is 7.36. The van der Waals surface area contributed by atoms with E-state index in [2.05, 4.69) is 19.1 Å². The third kappa shape index (κ3) is 3.11. The van der Waals surface area contributed by atoms with Crippen molar-refractivity contribution in [1.29, 1.82) is 0 Å². The zero-order valence-corrected chi connectivity index (χ0v) is 12.6. The van der Waals surface area contributed by atoms with Gasteiger partial charge in [-0.25, -0.2) is 0 Å². The second-order valence-corrected chi connectivity index (χ2v) is 6.15. The maximum Gasteiger partial charge on any atom is 0.124 e. The summed E-state index contributed by atoms with van der Waals surface area (Å²) in [5, 5.41) is 10.6. The minimum Gasteiger partial charge on any atom is -0.496 e. The van der Waals surface area contributed by atoms with Gasteiger partial charge in [-0.3, -0.25) is 0 Å². The van der Waals surface area contributed by atoms with E-state index >= 15 is 0 Å². The number of methoxy groups -OCH3 is 1. The number of aliphatic hydroxyl groups is 1. The van der Waals surface area contributed by atoms with E-state index in [9.17, 15) is 5.11 Å². The van der Waals surface area contributed by atoms with Crippen molar-refractivity contribution in [2.45, 2.75) is 52.6 Å². The summed E-state index contributed by atoms with van der Waals surface area (Å²) in [6, 6.07) is 4.16. The van der Waals surface area contributed by atoms with Gasteiger partial charge in [0.25, 0.3) is 0 Å². The molecule has 0 saturated heterocycles. The van der Waals surface area contributed by atoms with Crippen molar-refractivity contribution in [3.63, 3.8) is 0 Å². The van der Waals surface area contributed by atoms with Crippen molar-refractivity contribution in [2.75, 3.05) is 7.11 Å². The maximum absolute atomic E-state index is 10.6. The fourth-order valence-corrected chi connectivity index (χ4v) is 3.35. The second kappa shape index (κ2) is 5.96. The molecule has 1 aromatic rings. The molecule has 1 aromatic carbocycles. The topological polar surface area (TPSA) is 29.5 Å². The monoisotopic (exact) mass is 262 g/mol. The van der Waals surface area contributed by atoms with Crippen molar-refractivity contribution < 1.29 is 9.84 Å². The molecule has 1 atom stereocenters. The predicted octanol–water partition coefficient (Wildman–Crippen LogP) is 4.17. The number of rotatable bonds is 3. The fourth-order valence-electron chi connectivity index (χ4n) is 3.35. The van der Waals surface area contributed by atoms with Crippen LogP contribution in [0.5, 0.6) is 5.75 Å². The molecule has 2 heteroatoms. The van der Waals surface area contributed by atoms with Crippen LogP contribution in [0.15, 0.2) is 12.1 Å². The lowest BCUT2D eigenvalue weighted by atomic mass is 9.78. The highest BCUT2D eigenvalue weighted by Crippen LogP contribution is 2.38. The summed E-state index contributed by atoms with van der Waals surface area (Å²) in [6.45, 7) is 6.40. The van der Waals surface area contributed by atoms with Crippen LogP contribution in [0.25, 0.3) is 0 Å². The molecule has 1 aliphatic carbocycles. The van der Waals surface area contributed by atoms with Gasteiger partial charge in [-0.2, -0.15) is 0 Å². The molecule has 0 aliphatic heterocycles. The summed E-state index contributed by atoms with van der Waals surface area (Å²) in [5.41, 5.74) is 3.27. The zero-order valence-electron chi connectivity index (χ0n) is 12.6. The first kappa shape index (κ1) is 14.4. The van der Waals surface area contributed by atoms with Crippen LogP contribution < -0.4 is 4.74 Å². The van der Waals surface area contributed by atoms with Crippen LogP contribution in [-0.2, 0) is 0 Å². The van der Waals surface area contributed by atoms with E-state index < -0.39 is 0 Å². The summed E-state index contributed by atoms with van der Waals surface area (Å²) < 4.78 is 5.39. The number of aliphatic hydroxyl groups excluding tert-OH is 1. The molecule has 1 unspecified atom stereocenters. The molecular weight excluding hydrogens is 236 g/mol. The lowest BCUT2D eigenvalue weighted by molar-refractivity contribution is 0.0754. The Morgan fingerprint density at radius 2 is 1.63 bits per heavy atom. The van der Waals surface area contributed by atoms with E-state index in [-0.39, 0.29) is 6.10 Å². The summed E-state index contributed by atoms with van der Waals surface area (Å²) in [5.74, 6) is 2.18. The van der Waals surface area contributed by atoms with Crippen molar-refractivity contribution in [2.24, 2.45) is 11.8 Å². The standard InChI is InChI=1S/C17H26O2/c1-11-5-7-14(8-6-11)16(18)15-9-12(2)17(19-4)13(3)10-15/h9-11,14,16,18H,5-8H2,1-4H3. The lowest BCUT2D eigenvalue weighted by Crippen LogP contribution is -2.19. The van der Waals surface area contributed by atoms with Gasteiger partial charge in [-0.05, 0) is 67.3 Å². The quantitative estimate of drug-likeness (QED) is 0.885. The van der Waals surface area contributed by atoms with Gasteiger partial charge in [0.1, 0.15) is 5.75 Å². The van der Waals surface area contributed by atoms with Gasteiger partial charge in [-0.15, -0.1) is 0 Å². The molecule has 2 nitrogen and oxygen atoms in total. The number of hydrogen-bond acceptors (Lipinski definition) is 2. The fraction of sp³-hybridized carbons (Fsp3) is 0.647. The maximum atomic E-state index is 10.6. The third-order valence-corrected chi connectivity index (χ3v) is 4.54. The van der Waals surface area contributed by atoms with Crippen molar-refractivity contribution >= 4 is 0 Å². The first-order chi connectivity index (χ1) is 9.02. The van der Waals surface area contributed by atoms with E-state index in [0.29, 0.717) is 5.92 Å². The summed E-state index contributed by atoms with van der Waals surface area (Å²) in [7, 11) is 1.70. The Balaban J connectivity index is 2.17. The molecule has 0 heterocycles. The van der Waals surface area contributed by atoms with Crippen LogP contribution in [0, 0.1) is 25.7 Å². The SMILES string of the molecule is COc1c(C)cc(C(O)C2CCC(C)CC2)cc1C.